The predicted octanol–water partition coefficient (Wildman–Crippen LogP) is 1.70. The monoisotopic (exact) mass is 441 g/mol. The van der Waals surface area contributed by atoms with E-state index in [-0.39, 0.29) is 24.0 Å². The Morgan fingerprint density at radius 1 is 1.41 bits per heavy atom. The zero-order chi connectivity index (χ0) is 15.5. The lowest BCUT2D eigenvalue weighted by atomic mass is 10.4. The molecule has 22 heavy (non-hydrogen) atoms. The van der Waals surface area contributed by atoms with Gasteiger partial charge in [0, 0.05) is 45.3 Å². The van der Waals surface area contributed by atoms with Crippen molar-refractivity contribution in [3.8, 4) is 0 Å². The Morgan fingerprint density at radius 3 is 2.77 bits per heavy atom. The van der Waals surface area contributed by atoms with Gasteiger partial charge in [-0.05, 0) is 20.4 Å². The molecule has 0 saturated carbocycles. The van der Waals surface area contributed by atoms with Gasteiger partial charge in [-0.3, -0.25) is 4.99 Å². The van der Waals surface area contributed by atoms with E-state index in [0.29, 0.717) is 0 Å². The molecule has 0 aliphatic rings. The highest BCUT2D eigenvalue weighted by molar-refractivity contribution is 14.0. The van der Waals surface area contributed by atoms with Crippen LogP contribution in [0.1, 0.15) is 17.0 Å². The maximum absolute atomic E-state index is 5.05. The second-order valence-electron chi connectivity index (χ2n) is 4.86. The fraction of sp³-hybridized carbons (Fsp3) is 0.714. The molecule has 0 aromatic carbocycles. The zero-order valence-corrected chi connectivity index (χ0v) is 17.0. The lowest BCUT2D eigenvalue weighted by Crippen LogP contribution is -2.40. The highest BCUT2D eigenvalue weighted by atomic mass is 127. The van der Waals surface area contributed by atoms with Gasteiger partial charge in [-0.1, -0.05) is 0 Å². The van der Waals surface area contributed by atoms with E-state index in [0.717, 1.165) is 50.9 Å². The molecule has 1 aromatic rings. The average Bonchev–Trinajstić information content (AvgIpc) is 2.88. The van der Waals surface area contributed by atoms with Crippen LogP contribution in [0.5, 0.6) is 0 Å². The normalized spacial score (nSPS) is 11.4. The van der Waals surface area contributed by atoms with Crippen LogP contribution in [0.3, 0.4) is 0 Å². The molecule has 0 aliphatic carbocycles. The van der Waals surface area contributed by atoms with E-state index < -0.39 is 0 Å². The van der Waals surface area contributed by atoms with Crippen LogP contribution in [0.15, 0.2) is 10.5 Å². The van der Waals surface area contributed by atoms with Crippen LogP contribution >= 0.6 is 35.3 Å². The Hall–Kier alpha value is -0.450. The van der Waals surface area contributed by atoms with Crippen molar-refractivity contribution < 1.29 is 4.74 Å². The molecular formula is C14H28IN5OS. The molecule has 1 heterocycles. The summed E-state index contributed by atoms with van der Waals surface area (Å²) in [7, 11) is 5.65. The smallest absolute Gasteiger partial charge is 0.191 e. The fourth-order valence-electron chi connectivity index (χ4n) is 1.84. The number of likely N-dealkylation sites (N-methyl/N-ethyl adjacent to an activating group) is 1. The minimum atomic E-state index is 0. The van der Waals surface area contributed by atoms with Crippen molar-refractivity contribution in [3.63, 3.8) is 0 Å². The number of aliphatic imine (C=N–C) groups is 1. The number of halogens is 1. The molecule has 6 nitrogen and oxygen atoms in total. The Bertz CT molecular complexity index is 427. The summed E-state index contributed by atoms with van der Waals surface area (Å²) in [6.07, 6.45) is 1.06. The quantitative estimate of drug-likeness (QED) is 0.265. The van der Waals surface area contributed by atoms with Crippen LogP contribution in [-0.2, 0) is 11.3 Å². The van der Waals surface area contributed by atoms with E-state index in [2.05, 4.69) is 32.6 Å². The first-order valence-electron chi connectivity index (χ1n) is 7.18. The number of nitrogens with zero attached hydrogens (tertiary/aromatic N) is 3. The Morgan fingerprint density at radius 2 is 2.18 bits per heavy atom. The third kappa shape index (κ3) is 8.86. The molecule has 0 fully saturated rings. The number of methoxy groups -OCH3 is 1. The number of hydrogen-bond donors (Lipinski definition) is 2. The van der Waals surface area contributed by atoms with Gasteiger partial charge in [-0.15, -0.1) is 35.3 Å². The van der Waals surface area contributed by atoms with Gasteiger partial charge in [0.05, 0.1) is 17.7 Å². The molecule has 0 amide bonds. The van der Waals surface area contributed by atoms with Crippen molar-refractivity contribution in [1.29, 1.82) is 0 Å². The van der Waals surface area contributed by atoms with E-state index in [9.17, 15) is 0 Å². The third-order valence-electron chi connectivity index (χ3n) is 3.16. The maximum atomic E-state index is 5.05. The van der Waals surface area contributed by atoms with Crippen molar-refractivity contribution in [2.24, 2.45) is 4.99 Å². The lowest BCUT2D eigenvalue weighted by molar-refractivity contribution is 0.180. The molecule has 0 bridgehead atoms. The summed E-state index contributed by atoms with van der Waals surface area (Å²) in [5.74, 6) is 0.827. The number of aromatic nitrogens is 1. The maximum Gasteiger partial charge on any atom is 0.191 e. The summed E-state index contributed by atoms with van der Waals surface area (Å²) in [5.41, 5.74) is 2.96. The highest BCUT2D eigenvalue weighted by Gasteiger charge is 2.03. The van der Waals surface area contributed by atoms with Crippen LogP contribution in [0.2, 0.25) is 0 Å². The van der Waals surface area contributed by atoms with Crippen molar-refractivity contribution in [3.05, 3.63) is 16.1 Å². The zero-order valence-electron chi connectivity index (χ0n) is 13.9. The number of aryl methyl sites for hydroxylation is 1. The summed E-state index contributed by atoms with van der Waals surface area (Å²) in [6.45, 7) is 6.49. The van der Waals surface area contributed by atoms with Gasteiger partial charge in [-0.2, -0.15) is 0 Å². The predicted molar refractivity (Wildman–Crippen MR) is 104 cm³/mol. The Labute approximate surface area is 154 Å². The molecule has 1 aromatic heterocycles. The minimum Gasteiger partial charge on any atom is -0.385 e. The molecule has 0 unspecified atom stereocenters. The number of thiazole rings is 1. The number of rotatable bonds is 9. The van der Waals surface area contributed by atoms with Gasteiger partial charge in [0.25, 0.3) is 0 Å². The molecular weight excluding hydrogens is 413 g/mol. The first-order chi connectivity index (χ1) is 10.2. The third-order valence-corrected chi connectivity index (χ3v) is 4.09. The molecule has 0 saturated heterocycles. The standard InChI is InChI=1S/C14H27N5OS.HI/c1-12-13(21-11-18-12)10-17-14(15-2)16-6-8-19(3)7-5-9-20-4;/h11H,5-10H2,1-4H3,(H2,15,16,17);1H. The van der Waals surface area contributed by atoms with E-state index >= 15 is 0 Å². The van der Waals surface area contributed by atoms with E-state index in [1.165, 1.54) is 4.88 Å². The van der Waals surface area contributed by atoms with Gasteiger partial charge in [0.2, 0.25) is 0 Å². The van der Waals surface area contributed by atoms with Gasteiger partial charge in [-0.25, -0.2) is 4.98 Å². The molecule has 0 atom stereocenters. The van der Waals surface area contributed by atoms with Crippen molar-refractivity contribution >= 4 is 41.3 Å². The summed E-state index contributed by atoms with van der Waals surface area (Å²) >= 11 is 1.67. The van der Waals surface area contributed by atoms with Crippen LogP contribution in [0, 0.1) is 6.92 Å². The Kier molecular flexibility index (Phi) is 12.8. The summed E-state index contributed by atoms with van der Waals surface area (Å²) in [6, 6.07) is 0. The number of ether oxygens (including phenoxy) is 1. The topological polar surface area (TPSA) is 61.8 Å². The van der Waals surface area contributed by atoms with Crippen LogP contribution in [0.4, 0.5) is 0 Å². The summed E-state index contributed by atoms with van der Waals surface area (Å²) in [5, 5.41) is 6.63. The number of hydrogen-bond acceptors (Lipinski definition) is 5. The van der Waals surface area contributed by atoms with Crippen LogP contribution in [0.25, 0.3) is 0 Å². The minimum absolute atomic E-state index is 0. The molecule has 0 radical (unpaired) electrons. The number of guanidine groups is 1. The largest absolute Gasteiger partial charge is 0.385 e. The first kappa shape index (κ1) is 21.6. The molecule has 1 rings (SSSR count). The summed E-state index contributed by atoms with van der Waals surface area (Å²) in [4.78, 5) is 12.0. The van der Waals surface area contributed by atoms with E-state index in [1.54, 1.807) is 25.5 Å². The van der Waals surface area contributed by atoms with Crippen LogP contribution < -0.4 is 10.6 Å². The van der Waals surface area contributed by atoms with Crippen LogP contribution in [-0.4, -0.2) is 63.3 Å². The second kappa shape index (κ2) is 13.0. The van der Waals surface area contributed by atoms with E-state index in [1.807, 2.05) is 12.4 Å². The van der Waals surface area contributed by atoms with Gasteiger partial charge >= 0.3 is 0 Å². The van der Waals surface area contributed by atoms with E-state index in [4.69, 9.17) is 4.74 Å². The van der Waals surface area contributed by atoms with Gasteiger partial charge in [0.15, 0.2) is 5.96 Å². The van der Waals surface area contributed by atoms with Gasteiger partial charge in [0.1, 0.15) is 0 Å². The average molecular weight is 441 g/mol. The van der Waals surface area contributed by atoms with Crippen molar-refractivity contribution in [2.75, 3.05) is 47.4 Å². The second-order valence-corrected chi connectivity index (χ2v) is 5.80. The molecule has 2 N–H and O–H groups in total. The van der Waals surface area contributed by atoms with Gasteiger partial charge < -0.3 is 20.3 Å². The Balaban J connectivity index is 0.00000441. The molecule has 128 valence electrons. The lowest BCUT2D eigenvalue weighted by Gasteiger charge is -2.18. The number of nitrogens with one attached hydrogen (secondary N) is 2. The first-order valence-corrected chi connectivity index (χ1v) is 8.06. The molecule has 0 spiro atoms. The SMILES string of the molecule is CN=C(NCCN(C)CCCOC)NCc1scnc1C.I. The fourth-order valence-corrected chi connectivity index (χ4v) is 2.55. The molecule has 0 aliphatic heterocycles. The van der Waals surface area contributed by atoms with Crippen molar-refractivity contribution in [1.82, 2.24) is 20.5 Å². The molecule has 8 heteroatoms. The highest BCUT2D eigenvalue weighted by Crippen LogP contribution is 2.10. The van der Waals surface area contributed by atoms with Crippen molar-refractivity contribution in [2.45, 2.75) is 19.9 Å². The summed E-state index contributed by atoms with van der Waals surface area (Å²) < 4.78 is 5.05.